The Kier molecular flexibility index (Phi) is 3.50. The SMILES string of the molecule is Fc1cc(NCc2nnc3n2CCCC3)ccc1Br. The predicted octanol–water partition coefficient (Wildman–Crippen LogP) is 3.13. The first-order valence-corrected chi connectivity index (χ1v) is 7.13. The first kappa shape index (κ1) is 12.6. The maximum Gasteiger partial charge on any atom is 0.152 e. The van der Waals surface area contributed by atoms with E-state index in [1.165, 1.54) is 18.9 Å². The average Bonchev–Trinajstić information content (AvgIpc) is 2.83. The molecule has 0 saturated carbocycles. The Hall–Kier alpha value is -1.43. The quantitative estimate of drug-likeness (QED) is 0.943. The van der Waals surface area contributed by atoms with Gasteiger partial charge in [0.15, 0.2) is 5.82 Å². The van der Waals surface area contributed by atoms with Gasteiger partial charge in [0, 0.05) is 18.7 Å². The summed E-state index contributed by atoms with van der Waals surface area (Å²) >= 11 is 3.14. The summed E-state index contributed by atoms with van der Waals surface area (Å²) in [6, 6.07) is 5.00. The van der Waals surface area contributed by atoms with E-state index >= 15 is 0 Å². The van der Waals surface area contributed by atoms with Gasteiger partial charge in [-0.3, -0.25) is 0 Å². The zero-order valence-electron chi connectivity index (χ0n) is 10.4. The number of anilines is 1. The largest absolute Gasteiger partial charge is 0.378 e. The molecule has 100 valence electrons. The van der Waals surface area contributed by atoms with Gasteiger partial charge in [0.25, 0.3) is 0 Å². The molecule has 0 radical (unpaired) electrons. The van der Waals surface area contributed by atoms with E-state index in [0.29, 0.717) is 11.0 Å². The van der Waals surface area contributed by atoms with Crippen molar-refractivity contribution < 1.29 is 4.39 Å². The van der Waals surface area contributed by atoms with E-state index < -0.39 is 0 Å². The van der Waals surface area contributed by atoms with Crippen molar-refractivity contribution in [2.75, 3.05) is 5.32 Å². The number of fused-ring (bicyclic) bond motifs is 1. The highest BCUT2D eigenvalue weighted by Gasteiger charge is 2.15. The number of halogens is 2. The number of hydrogen-bond acceptors (Lipinski definition) is 3. The first-order valence-electron chi connectivity index (χ1n) is 6.34. The van der Waals surface area contributed by atoms with Crippen LogP contribution in [-0.4, -0.2) is 14.8 Å². The van der Waals surface area contributed by atoms with Crippen LogP contribution in [0.15, 0.2) is 22.7 Å². The standard InChI is InChI=1S/C13H14BrFN4/c14-10-5-4-9(7-11(10)15)16-8-13-18-17-12-3-1-2-6-19(12)13/h4-5,7,16H,1-3,6,8H2. The molecule has 6 heteroatoms. The Bertz CT molecular complexity index is 596. The van der Waals surface area contributed by atoms with Crippen LogP contribution in [0.5, 0.6) is 0 Å². The van der Waals surface area contributed by atoms with Crippen molar-refractivity contribution in [3.8, 4) is 0 Å². The summed E-state index contributed by atoms with van der Waals surface area (Å²) in [6.07, 6.45) is 3.36. The minimum absolute atomic E-state index is 0.270. The fraction of sp³-hybridized carbons (Fsp3) is 0.385. The lowest BCUT2D eigenvalue weighted by atomic mass is 10.2. The predicted molar refractivity (Wildman–Crippen MR) is 74.4 cm³/mol. The molecule has 0 bridgehead atoms. The summed E-state index contributed by atoms with van der Waals surface area (Å²) in [5, 5.41) is 11.6. The third-order valence-electron chi connectivity index (χ3n) is 3.31. The highest BCUT2D eigenvalue weighted by molar-refractivity contribution is 9.10. The molecule has 0 atom stereocenters. The first-order chi connectivity index (χ1) is 9.24. The van der Waals surface area contributed by atoms with Crippen molar-refractivity contribution in [2.45, 2.75) is 32.4 Å². The molecular formula is C13H14BrFN4. The summed E-state index contributed by atoms with van der Waals surface area (Å²) in [4.78, 5) is 0. The second kappa shape index (κ2) is 5.28. The van der Waals surface area contributed by atoms with Crippen LogP contribution < -0.4 is 5.32 Å². The molecule has 1 N–H and O–H groups in total. The van der Waals surface area contributed by atoms with Gasteiger partial charge in [-0.1, -0.05) is 0 Å². The summed E-state index contributed by atoms with van der Waals surface area (Å²) in [6.45, 7) is 1.54. The summed E-state index contributed by atoms with van der Waals surface area (Å²) in [7, 11) is 0. The number of nitrogens with one attached hydrogen (secondary N) is 1. The zero-order valence-corrected chi connectivity index (χ0v) is 12.0. The highest BCUT2D eigenvalue weighted by atomic mass is 79.9. The Morgan fingerprint density at radius 2 is 2.21 bits per heavy atom. The molecule has 0 amide bonds. The lowest BCUT2D eigenvalue weighted by molar-refractivity contribution is 0.510. The van der Waals surface area contributed by atoms with Crippen LogP contribution in [0.25, 0.3) is 0 Å². The minimum atomic E-state index is -0.270. The van der Waals surface area contributed by atoms with E-state index in [-0.39, 0.29) is 5.82 Å². The number of benzene rings is 1. The third kappa shape index (κ3) is 2.63. The van der Waals surface area contributed by atoms with Crippen LogP contribution in [0.2, 0.25) is 0 Å². The van der Waals surface area contributed by atoms with E-state index in [4.69, 9.17) is 0 Å². The molecule has 0 saturated heterocycles. The van der Waals surface area contributed by atoms with E-state index in [0.717, 1.165) is 30.3 Å². The Morgan fingerprint density at radius 3 is 3.05 bits per heavy atom. The van der Waals surface area contributed by atoms with Crippen molar-refractivity contribution in [1.82, 2.24) is 14.8 Å². The van der Waals surface area contributed by atoms with Crippen molar-refractivity contribution in [2.24, 2.45) is 0 Å². The average molecular weight is 325 g/mol. The van der Waals surface area contributed by atoms with Gasteiger partial charge in [0.05, 0.1) is 11.0 Å². The molecule has 2 heterocycles. The Balaban J connectivity index is 1.72. The fourth-order valence-electron chi connectivity index (χ4n) is 2.29. The molecule has 1 aliphatic heterocycles. The normalized spacial score (nSPS) is 14.2. The molecule has 0 spiro atoms. The van der Waals surface area contributed by atoms with Crippen LogP contribution in [0.3, 0.4) is 0 Å². The molecule has 4 nitrogen and oxygen atoms in total. The lowest BCUT2D eigenvalue weighted by Crippen LogP contribution is -2.15. The van der Waals surface area contributed by atoms with Crippen LogP contribution in [-0.2, 0) is 19.5 Å². The summed E-state index contributed by atoms with van der Waals surface area (Å²) in [5.41, 5.74) is 0.744. The zero-order chi connectivity index (χ0) is 13.2. The van der Waals surface area contributed by atoms with Gasteiger partial charge in [0.1, 0.15) is 11.6 Å². The van der Waals surface area contributed by atoms with Gasteiger partial charge in [0.2, 0.25) is 0 Å². The molecule has 2 aromatic rings. The molecule has 0 aliphatic carbocycles. The van der Waals surface area contributed by atoms with E-state index in [9.17, 15) is 4.39 Å². The third-order valence-corrected chi connectivity index (χ3v) is 3.95. The van der Waals surface area contributed by atoms with E-state index in [2.05, 4.69) is 36.0 Å². The maximum absolute atomic E-state index is 13.4. The number of aryl methyl sites for hydroxylation is 1. The fourth-order valence-corrected chi connectivity index (χ4v) is 2.53. The highest BCUT2D eigenvalue weighted by Crippen LogP contribution is 2.20. The van der Waals surface area contributed by atoms with Gasteiger partial charge in [-0.15, -0.1) is 10.2 Å². The van der Waals surface area contributed by atoms with Gasteiger partial charge < -0.3 is 9.88 Å². The molecule has 1 aromatic carbocycles. The number of nitrogens with zero attached hydrogens (tertiary/aromatic N) is 3. The Morgan fingerprint density at radius 1 is 1.32 bits per heavy atom. The maximum atomic E-state index is 13.4. The van der Waals surface area contributed by atoms with Crippen molar-refractivity contribution in [3.05, 3.63) is 40.1 Å². The lowest BCUT2D eigenvalue weighted by Gasteiger charge is -2.15. The van der Waals surface area contributed by atoms with Crippen LogP contribution in [0.4, 0.5) is 10.1 Å². The summed E-state index contributed by atoms with van der Waals surface area (Å²) < 4.78 is 16.0. The van der Waals surface area contributed by atoms with Crippen LogP contribution in [0.1, 0.15) is 24.5 Å². The second-order valence-electron chi connectivity index (χ2n) is 4.62. The number of aromatic nitrogens is 3. The molecule has 0 unspecified atom stereocenters. The van der Waals surface area contributed by atoms with Gasteiger partial charge in [-0.2, -0.15) is 0 Å². The van der Waals surface area contributed by atoms with Crippen molar-refractivity contribution in [1.29, 1.82) is 0 Å². The van der Waals surface area contributed by atoms with E-state index in [1.807, 2.05) is 6.07 Å². The van der Waals surface area contributed by atoms with Crippen LogP contribution in [0, 0.1) is 5.82 Å². The molecule has 1 aliphatic rings. The van der Waals surface area contributed by atoms with Gasteiger partial charge >= 0.3 is 0 Å². The monoisotopic (exact) mass is 324 g/mol. The minimum Gasteiger partial charge on any atom is -0.378 e. The molecule has 1 aromatic heterocycles. The molecular weight excluding hydrogens is 311 g/mol. The number of rotatable bonds is 3. The van der Waals surface area contributed by atoms with Gasteiger partial charge in [-0.25, -0.2) is 4.39 Å². The van der Waals surface area contributed by atoms with E-state index in [1.54, 1.807) is 6.07 Å². The number of hydrogen-bond donors (Lipinski definition) is 1. The smallest absolute Gasteiger partial charge is 0.152 e. The molecule has 19 heavy (non-hydrogen) atoms. The van der Waals surface area contributed by atoms with Gasteiger partial charge in [-0.05, 0) is 47.0 Å². The molecule has 0 fully saturated rings. The van der Waals surface area contributed by atoms with Crippen molar-refractivity contribution in [3.63, 3.8) is 0 Å². The summed E-state index contributed by atoms with van der Waals surface area (Å²) in [5.74, 6) is 1.70. The van der Waals surface area contributed by atoms with Crippen LogP contribution >= 0.6 is 15.9 Å². The topological polar surface area (TPSA) is 42.7 Å². The Labute approximate surface area is 119 Å². The molecule has 3 rings (SSSR count). The second-order valence-corrected chi connectivity index (χ2v) is 5.48. The van der Waals surface area contributed by atoms with Crippen molar-refractivity contribution >= 4 is 21.6 Å².